The van der Waals surface area contributed by atoms with Gasteiger partial charge in [0.05, 0.1) is 16.7 Å². The van der Waals surface area contributed by atoms with Crippen molar-refractivity contribution in [1.29, 1.82) is 0 Å². The van der Waals surface area contributed by atoms with E-state index in [0.717, 1.165) is 12.1 Å². The summed E-state index contributed by atoms with van der Waals surface area (Å²) in [4.78, 5) is 10.9. The molecule has 160 valence electrons. The maximum atomic E-state index is 11.3. The first-order chi connectivity index (χ1) is 14.8. The first-order valence-electron chi connectivity index (χ1n) is 9.75. The minimum atomic E-state index is -0.482. The van der Waals surface area contributed by atoms with Crippen LogP contribution in [0.3, 0.4) is 0 Å². The summed E-state index contributed by atoms with van der Waals surface area (Å²) in [5.74, 6) is 1.31. The summed E-state index contributed by atoms with van der Waals surface area (Å²) in [5, 5.41) is 18.3. The fourth-order valence-electron chi connectivity index (χ4n) is 2.88. The van der Waals surface area contributed by atoms with Crippen LogP contribution in [0.5, 0.6) is 11.5 Å². The summed E-state index contributed by atoms with van der Waals surface area (Å²) in [7, 11) is 0. The third kappa shape index (κ3) is 6.41. The molecule has 0 bridgehead atoms. The molecule has 0 aliphatic carbocycles. The van der Waals surface area contributed by atoms with E-state index in [9.17, 15) is 10.1 Å². The zero-order valence-corrected chi connectivity index (χ0v) is 18.7. The van der Waals surface area contributed by atoms with Gasteiger partial charge in [-0.2, -0.15) is 0 Å². The van der Waals surface area contributed by atoms with Gasteiger partial charge in [0.1, 0.15) is 11.5 Å². The Morgan fingerprint density at radius 3 is 2.29 bits per heavy atom. The summed E-state index contributed by atoms with van der Waals surface area (Å²) in [5.41, 5.74) is 2.41. The molecule has 1 unspecified atom stereocenters. The maximum Gasteiger partial charge on any atom is 0.275 e. The standard InChI is InChI=1S/C23H22ClN3O3S/c1-3-15(2)16-4-8-18(9-5-16)25-23(31)26-19-12-20(27(28)29)14-22(13-19)30-21-10-6-17(24)7-11-21/h4-15H,3H2,1-2H3,(H2,25,26,31). The Kier molecular flexibility index (Phi) is 7.44. The van der Waals surface area contributed by atoms with Crippen LogP contribution in [0.4, 0.5) is 17.1 Å². The molecule has 0 fully saturated rings. The molecule has 31 heavy (non-hydrogen) atoms. The lowest BCUT2D eigenvalue weighted by atomic mass is 9.99. The van der Waals surface area contributed by atoms with Crippen molar-refractivity contribution in [2.24, 2.45) is 0 Å². The number of nitro benzene ring substituents is 1. The Balaban J connectivity index is 1.73. The van der Waals surface area contributed by atoms with E-state index in [1.165, 1.54) is 17.7 Å². The molecule has 0 saturated heterocycles. The average molecular weight is 456 g/mol. The van der Waals surface area contributed by atoms with E-state index in [4.69, 9.17) is 28.6 Å². The Morgan fingerprint density at radius 2 is 1.68 bits per heavy atom. The van der Waals surface area contributed by atoms with Crippen molar-refractivity contribution >= 4 is 46.0 Å². The second-order valence-corrected chi connectivity index (χ2v) is 7.88. The van der Waals surface area contributed by atoms with Gasteiger partial charge in [-0.15, -0.1) is 0 Å². The second kappa shape index (κ2) is 10.2. The molecule has 3 aromatic carbocycles. The number of thiocarbonyl (C=S) groups is 1. The van der Waals surface area contributed by atoms with Crippen molar-refractivity contribution in [2.75, 3.05) is 10.6 Å². The monoisotopic (exact) mass is 455 g/mol. The molecule has 0 aromatic heterocycles. The van der Waals surface area contributed by atoms with E-state index in [-0.39, 0.29) is 5.69 Å². The highest BCUT2D eigenvalue weighted by Crippen LogP contribution is 2.30. The fraction of sp³-hybridized carbons (Fsp3) is 0.174. The molecule has 0 heterocycles. The zero-order chi connectivity index (χ0) is 22.4. The van der Waals surface area contributed by atoms with Crippen molar-refractivity contribution < 1.29 is 9.66 Å². The molecule has 0 saturated carbocycles. The largest absolute Gasteiger partial charge is 0.457 e. The minimum absolute atomic E-state index is 0.116. The molecular formula is C23H22ClN3O3S. The molecule has 2 N–H and O–H groups in total. The van der Waals surface area contributed by atoms with Gasteiger partial charge in [0.25, 0.3) is 5.69 Å². The predicted octanol–water partition coefficient (Wildman–Crippen LogP) is 7.36. The third-order valence-corrected chi connectivity index (χ3v) is 5.22. The lowest BCUT2D eigenvalue weighted by Crippen LogP contribution is -2.19. The average Bonchev–Trinajstić information content (AvgIpc) is 2.75. The van der Waals surface area contributed by atoms with Crippen molar-refractivity contribution in [2.45, 2.75) is 26.2 Å². The van der Waals surface area contributed by atoms with Crippen LogP contribution in [0, 0.1) is 10.1 Å². The number of hydrogen-bond acceptors (Lipinski definition) is 4. The number of non-ortho nitro benzene ring substituents is 1. The fourth-order valence-corrected chi connectivity index (χ4v) is 3.24. The van der Waals surface area contributed by atoms with E-state index in [0.29, 0.717) is 33.2 Å². The highest BCUT2D eigenvalue weighted by atomic mass is 35.5. The highest BCUT2D eigenvalue weighted by Gasteiger charge is 2.13. The summed E-state index contributed by atoms with van der Waals surface area (Å²) >= 11 is 11.3. The number of halogens is 1. The van der Waals surface area contributed by atoms with E-state index in [1.54, 1.807) is 30.3 Å². The van der Waals surface area contributed by atoms with E-state index < -0.39 is 4.92 Å². The van der Waals surface area contributed by atoms with Crippen LogP contribution in [-0.2, 0) is 0 Å². The van der Waals surface area contributed by atoms with E-state index >= 15 is 0 Å². The number of anilines is 2. The maximum absolute atomic E-state index is 11.3. The van der Waals surface area contributed by atoms with Crippen molar-refractivity contribution in [3.8, 4) is 11.5 Å². The van der Waals surface area contributed by atoms with Gasteiger partial charge in [-0.3, -0.25) is 10.1 Å². The van der Waals surface area contributed by atoms with E-state index in [1.807, 2.05) is 12.1 Å². The topological polar surface area (TPSA) is 76.4 Å². The molecule has 1 atom stereocenters. The third-order valence-electron chi connectivity index (χ3n) is 4.76. The van der Waals surface area contributed by atoms with Crippen molar-refractivity contribution in [1.82, 2.24) is 0 Å². The predicted molar refractivity (Wildman–Crippen MR) is 130 cm³/mol. The van der Waals surface area contributed by atoms with E-state index in [2.05, 4.69) is 36.6 Å². The Bertz CT molecular complexity index is 1070. The van der Waals surface area contributed by atoms with Crippen LogP contribution < -0.4 is 15.4 Å². The van der Waals surface area contributed by atoms with Gasteiger partial charge < -0.3 is 15.4 Å². The van der Waals surface area contributed by atoms with Crippen LogP contribution in [0.1, 0.15) is 31.7 Å². The molecule has 8 heteroatoms. The molecule has 0 spiro atoms. The number of rotatable bonds is 7. The number of hydrogen-bond donors (Lipinski definition) is 2. The van der Waals surface area contributed by atoms with Crippen LogP contribution in [0.15, 0.2) is 66.7 Å². The summed E-state index contributed by atoms with van der Waals surface area (Å²) in [6.45, 7) is 4.33. The van der Waals surface area contributed by atoms with Crippen LogP contribution in [0.25, 0.3) is 0 Å². The Morgan fingerprint density at radius 1 is 1.03 bits per heavy atom. The van der Waals surface area contributed by atoms with Crippen molar-refractivity contribution in [3.63, 3.8) is 0 Å². The minimum Gasteiger partial charge on any atom is -0.457 e. The van der Waals surface area contributed by atoms with Gasteiger partial charge in [-0.25, -0.2) is 0 Å². The SMILES string of the molecule is CCC(C)c1ccc(NC(=S)Nc2cc(Oc3ccc(Cl)cc3)cc([N+](=O)[O-])c2)cc1. The molecule has 3 rings (SSSR count). The number of benzene rings is 3. The van der Waals surface area contributed by atoms with Gasteiger partial charge in [0.15, 0.2) is 5.11 Å². The van der Waals surface area contributed by atoms with Gasteiger partial charge in [-0.05, 0) is 66.5 Å². The van der Waals surface area contributed by atoms with Gasteiger partial charge in [0, 0.05) is 22.8 Å². The van der Waals surface area contributed by atoms with Crippen LogP contribution in [0.2, 0.25) is 5.02 Å². The molecule has 0 aliphatic heterocycles. The lowest BCUT2D eigenvalue weighted by Gasteiger charge is -2.14. The first kappa shape index (κ1) is 22.5. The molecule has 3 aromatic rings. The second-order valence-electron chi connectivity index (χ2n) is 7.04. The highest BCUT2D eigenvalue weighted by molar-refractivity contribution is 7.80. The molecule has 6 nitrogen and oxygen atoms in total. The number of nitrogens with zero attached hydrogens (tertiary/aromatic N) is 1. The quantitative estimate of drug-likeness (QED) is 0.220. The molecule has 0 amide bonds. The van der Waals surface area contributed by atoms with Gasteiger partial charge in [0.2, 0.25) is 0 Å². The first-order valence-corrected chi connectivity index (χ1v) is 10.5. The van der Waals surface area contributed by atoms with Crippen LogP contribution >= 0.6 is 23.8 Å². The summed E-state index contributed by atoms with van der Waals surface area (Å²) in [6.07, 6.45) is 1.07. The normalized spacial score (nSPS) is 11.5. The summed E-state index contributed by atoms with van der Waals surface area (Å²) < 4.78 is 5.74. The number of nitro groups is 1. The molecule has 0 radical (unpaired) electrons. The molecular weight excluding hydrogens is 434 g/mol. The smallest absolute Gasteiger partial charge is 0.275 e. The number of ether oxygens (including phenoxy) is 1. The summed E-state index contributed by atoms with van der Waals surface area (Å²) in [6, 6.07) is 19.1. The van der Waals surface area contributed by atoms with Gasteiger partial charge >= 0.3 is 0 Å². The number of nitrogens with one attached hydrogen (secondary N) is 2. The zero-order valence-electron chi connectivity index (χ0n) is 17.1. The Labute approximate surface area is 191 Å². The Hall–Kier alpha value is -3.16. The van der Waals surface area contributed by atoms with Crippen molar-refractivity contribution in [3.05, 3.63) is 87.4 Å². The molecule has 0 aliphatic rings. The van der Waals surface area contributed by atoms with Gasteiger partial charge in [-0.1, -0.05) is 37.6 Å². The van der Waals surface area contributed by atoms with Crippen LogP contribution in [-0.4, -0.2) is 10.0 Å². The lowest BCUT2D eigenvalue weighted by molar-refractivity contribution is -0.384.